The number of nitrogens with one attached hydrogen (secondary N) is 1. The van der Waals surface area contributed by atoms with E-state index in [-0.39, 0.29) is 17.3 Å². The molecule has 2 aromatic heterocycles. The normalized spacial score (nSPS) is 15.7. The van der Waals surface area contributed by atoms with Crippen LogP contribution >= 0.6 is 22.9 Å². The van der Waals surface area contributed by atoms with Crippen molar-refractivity contribution < 1.29 is 4.79 Å². The van der Waals surface area contributed by atoms with Crippen LogP contribution in [0.15, 0.2) is 65.5 Å². The van der Waals surface area contributed by atoms with Gasteiger partial charge in [-0.25, -0.2) is 4.98 Å². The van der Waals surface area contributed by atoms with Crippen molar-refractivity contribution in [3.63, 3.8) is 0 Å². The lowest BCUT2D eigenvalue weighted by Gasteiger charge is -2.24. The van der Waals surface area contributed by atoms with Crippen molar-refractivity contribution in [2.45, 2.75) is 25.7 Å². The molecule has 0 fully saturated rings. The predicted octanol–water partition coefficient (Wildman–Crippen LogP) is 6.04. The molecule has 2 heterocycles. The third kappa shape index (κ3) is 3.75. The van der Waals surface area contributed by atoms with E-state index >= 15 is 0 Å². The minimum Gasteiger partial charge on any atom is -0.325 e. The van der Waals surface area contributed by atoms with Gasteiger partial charge in [0.05, 0.1) is 11.3 Å². The zero-order chi connectivity index (χ0) is 21.5. The first kappa shape index (κ1) is 19.9. The minimum atomic E-state index is -0.211. The van der Waals surface area contributed by atoms with Gasteiger partial charge in [0.25, 0.3) is 5.56 Å². The molecule has 0 saturated heterocycles. The molecule has 1 aliphatic rings. The maximum atomic E-state index is 12.9. The number of fused-ring (bicyclic) bond motifs is 1. The van der Waals surface area contributed by atoms with Gasteiger partial charge in [-0.05, 0) is 43.0 Å². The van der Waals surface area contributed by atoms with Crippen LogP contribution in [0.1, 0.15) is 38.8 Å². The fourth-order valence-electron chi connectivity index (χ4n) is 4.14. The van der Waals surface area contributed by atoms with E-state index in [1.54, 1.807) is 6.07 Å². The average Bonchev–Trinajstić information content (AvgIpc) is 3.15. The van der Waals surface area contributed by atoms with E-state index in [9.17, 15) is 9.59 Å². The van der Waals surface area contributed by atoms with Crippen molar-refractivity contribution in [1.29, 1.82) is 0 Å². The Morgan fingerprint density at radius 2 is 1.74 bits per heavy atom. The second kappa shape index (κ2) is 7.91. The second-order valence-corrected chi connectivity index (χ2v) is 9.41. The first-order valence-corrected chi connectivity index (χ1v) is 11.3. The van der Waals surface area contributed by atoms with Crippen LogP contribution in [0.3, 0.4) is 0 Å². The Balaban J connectivity index is 1.52. The third-order valence-corrected chi connectivity index (χ3v) is 6.98. The van der Waals surface area contributed by atoms with Crippen LogP contribution in [0.25, 0.3) is 21.8 Å². The third-order valence-electron chi connectivity index (χ3n) is 5.72. The van der Waals surface area contributed by atoms with E-state index in [4.69, 9.17) is 16.6 Å². The van der Waals surface area contributed by atoms with Crippen LogP contribution < -0.4 is 5.56 Å². The molecule has 0 aliphatic heterocycles. The van der Waals surface area contributed by atoms with Crippen LogP contribution in [0.4, 0.5) is 0 Å². The first-order valence-electron chi connectivity index (χ1n) is 10.1. The molecule has 0 bridgehead atoms. The van der Waals surface area contributed by atoms with Crippen molar-refractivity contribution in [3.05, 3.63) is 97.7 Å². The number of thiazole rings is 1. The SMILES string of the molecule is Cc1sc(-c2cc3c([nH]c2=O)C[C@H](c2ccccc2)CC3=O)nc1-c1ccc(Cl)cc1. The number of halogens is 1. The fourth-order valence-corrected chi connectivity index (χ4v) is 5.21. The predicted molar refractivity (Wildman–Crippen MR) is 125 cm³/mol. The molecule has 4 nitrogen and oxygen atoms in total. The summed E-state index contributed by atoms with van der Waals surface area (Å²) in [5.74, 6) is 0.139. The molecule has 0 unspecified atom stereocenters. The van der Waals surface area contributed by atoms with Crippen LogP contribution in [0.2, 0.25) is 5.02 Å². The van der Waals surface area contributed by atoms with E-state index in [0.29, 0.717) is 39.7 Å². The maximum absolute atomic E-state index is 12.9. The number of carbonyl (C=O) groups excluding carboxylic acids is 1. The molecule has 1 atom stereocenters. The molecule has 0 saturated carbocycles. The molecular weight excluding hydrogens is 428 g/mol. The Labute approximate surface area is 188 Å². The fraction of sp³-hybridized carbons (Fsp3) is 0.160. The van der Waals surface area contributed by atoms with Crippen molar-refractivity contribution in [2.75, 3.05) is 0 Å². The van der Waals surface area contributed by atoms with Crippen LogP contribution in [-0.2, 0) is 6.42 Å². The van der Waals surface area contributed by atoms with E-state index < -0.39 is 0 Å². The second-order valence-electron chi connectivity index (χ2n) is 7.77. The summed E-state index contributed by atoms with van der Waals surface area (Å²) in [6, 6.07) is 19.2. The highest BCUT2D eigenvalue weighted by Gasteiger charge is 2.28. The number of aryl methyl sites for hydroxylation is 1. The molecule has 6 heteroatoms. The van der Waals surface area contributed by atoms with Crippen molar-refractivity contribution in [1.82, 2.24) is 9.97 Å². The van der Waals surface area contributed by atoms with E-state index in [0.717, 1.165) is 21.7 Å². The molecule has 5 rings (SSSR count). The van der Waals surface area contributed by atoms with Gasteiger partial charge >= 0.3 is 0 Å². The van der Waals surface area contributed by atoms with Gasteiger partial charge in [0.1, 0.15) is 5.01 Å². The summed E-state index contributed by atoms with van der Waals surface area (Å²) in [5.41, 5.74) is 4.43. The highest BCUT2D eigenvalue weighted by molar-refractivity contribution is 7.15. The highest BCUT2D eigenvalue weighted by atomic mass is 35.5. The number of H-pyrrole nitrogens is 1. The number of hydrogen-bond acceptors (Lipinski definition) is 4. The number of hydrogen-bond donors (Lipinski definition) is 1. The monoisotopic (exact) mass is 446 g/mol. The molecule has 0 radical (unpaired) electrons. The molecule has 0 amide bonds. The molecule has 154 valence electrons. The van der Waals surface area contributed by atoms with Crippen molar-refractivity contribution >= 4 is 28.7 Å². The lowest BCUT2D eigenvalue weighted by atomic mass is 9.81. The lowest BCUT2D eigenvalue weighted by molar-refractivity contribution is 0.0963. The number of nitrogens with zero attached hydrogens (tertiary/aromatic N) is 1. The topological polar surface area (TPSA) is 62.8 Å². The highest BCUT2D eigenvalue weighted by Crippen LogP contribution is 2.35. The zero-order valence-electron chi connectivity index (χ0n) is 16.8. The van der Waals surface area contributed by atoms with Crippen LogP contribution in [0, 0.1) is 6.92 Å². The van der Waals surface area contributed by atoms with Gasteiger partial charge in [-0.3, -0.25) is 9.59 Å². The van der Waals surface area contributed by atoms with Crippen molar-refractivity contribution in [2.24, 2.45) is 0 Å². The Morgan fingerprint density at radius 3 is 2.48 bits per heavy atom. The molecule has 1 aliphatic carbocycles. The number of rotatable bonds is 3. The Hall–Kier alpha value is -3.02. The van der Waals surface area contributed by atoms with Gasteiger partial charge in [-0.2, -0.15) is 0 Å². The summed E-state index contributed by atoms with van der Waals surface area (Å²) in [4.78, 5) is 34.6. The van der Waals surface area contributed by atoms with Gasteiger partial charge in [0.15, 0.2) is 5.78 Å². The number of Topliss-reactive ketones (excluding diaryl/α,β-unsaturated/α-hetero) is 1. The summed E-state index contributed by atoms with van der Waals surface area (Å²) in [5, 5.41) is 1.28. The Kier molecular flexibility index (Phi) is 5.08. The van der Waals surface area contributed by atoms with E-state index in [1.807, 2.05) is 61.5 Å². The Morgan fingerprint density at radius 1 is 1.00 bits per heavy atom. The van der Waals surface area contributed by atoms with E-state index in [2.05, 4.69) is 4.98 Å². The van der Waals surface area contributed by atoms with Gasteiger partial charge in [0, 0.05) is 33.1 Å². The summed E-state index contributed by atoms with van der Waals surface area (Å²) < 4.78 is 0. The molecule has 2 aromatic carbocycles. The maximum Gasteiger partial charge on any atom is 0.258 e. The van der Waals surface area contributed by atoms with Gasteiger partial charge in [-0.1, -0.05) is 54.1 Å². The van der Waals surface area contributed by atoms with Crippen molar-refractivity contribution in [3.8, 4) is 21.8 Å². The van der Waals surface area contributed by atoms with Gasteiger partial charge in [-0.15, -0.1) is 11.3 Å². The first-order chi connectivity index (χ1) is 15.0. The standard InChI is InChI=1S/C25H19ClN2O2S/c1-14-23(16-7-9-18(26)10-8-16)28-25(31-14)20-13-19-21(27-24(20)30)11-17(12-22(19)29)15-5-3-2-4-6-15/h2-10,13,17H,11-12H2,1H3,(H,27,30)/t17-/m0/s1. The average molecular weight is 447 g/mol. The molecule has 4 aromatic rings. The summed E-state index contributed by atoms with van der Waals surface area (Å²) in [7, 11) is 0. The summed E-state index contributed by atoms with van der Waals surface area (Å²) in [6.45, 7) is 1.98. The number of carbonyl (C=O) groups is 1. The van der Waals surface area contributed by atoms with Crippen LogP contribution in [0.5, 0.6) is 0 Å². The quantitative estimate of drug-likeness (QED) is 0.417. The van der Waals surface area contributed by atoms with E-state index in [1.165, 1.54) is 11.3 Å². The summed E-state index contributed by atoms with van der Waals surface area (Å²) >= 11 is 7.45. The largest absolute Gasteiger partial charge is 0.325 e. The number of aromatic amines is 1. The zero-order valence-corrected chi connectivity index (χ0v) is 18.4. The molecular formula is C25H19ClN2O2S. The smallest absolute Gasteiger partial charge is 0.258 e. The molecule has 1 N–H and O–H groups in total. The number of pyridine rings is 1. The van der Waals surface area contributed by atoms with Gasteiger partial charge in [0.2, 0.25) is 0 Å². The number of benzene rings is 2. The minimum absolute atomic E-state index is 0.0544. The van der Waals surface area contributed by atoms with Crippen LogP contribution in [-0.4, -0.2) is 15.8 Å². The summed E-state index contributed by atoms with van der Waals surface area (Å²) in [6.07, 6.45) is 1.09. The molecule has 0 spiro atoms. The lowest BCUT2D eigenvalue weighted by Crippen LogP contribution is -2.24. The Bertz CT molecular complexity index is 1340. The molecule has 31 heavy (non-hydrogen) atoms. The van der Waals surface area contributed by atoms with Gasteiger partial charge < -0.3 is 4.98 Å². The number of ketones is 1. The number of aromatic nitrogens is 2.